The molecule has 0 radical (unpaired) electrons. The van der Waals surface area contributed by atoms with Crippen molar-refractivity contribution in [3.05, 3.63) is 88.2 Å². The highest BCUT2D eigenvalue weighted by Gasteiger charge is 2.27. The topological polar surface area (TPSA) is 50.2 Å². The number of amides is 1. The van der Waals surface area contributed by atoms with Gasteiger partial charge in [-0.25, -0.2) is 4.98 Å². The van der Waals surface area contributed by atoms with Crippen molar-refractivity contribution in [2.45, 2.75) is 33.2 Å². The van der Waals surface area contributed by atoms with Gasteiger partial charge in [-0.15, -0.1) is 0 Å². The zero-order chi connectivity index (χ0) is 23.7. The first-order valence-corrected chi connectivity index (χ1v) is 12.6. The second-order valence-corrected chi connectivity index (χ2v) is 10.1. The molecule has 1 aliphatic heterocycles. The lowest BCUT2D eigenvalue weighted by Crippen LogP contribution is -2.40. The number of halogens is 1. The number of nitrogens with zero attached hydrogens (tertiary/aromatic N) is 3. The normalized spacial score (nSPS) is 16.6. The highest BCUT2D eigenvalue weighted by Crippen LogP contribution is 2.27. The number of hydrogen-bond acceptors (Lipinski definition) is 3. The number of benzene rings is 3. The molecule has 5 rings (SSSR count). The number of piperidine rings is 1. The lowest BCUT2D eigenvalue weighted by Gasteiger charge is -2.32. The van der Waals surface area contributed by atoms with Crippen molar-refractivity contribution in [1.29, 1.82) is 0 Å². The lowest BCUT2D eigenvalue weighted by atomic mass is 9.96. The van der Waals surface area contributed by atoms with E-state index in [1.54, 1.807) is 0 Å². The molecule has 0 saturated carbocycles. The molecule has 1 atom stereocenters. The molecule has 5 nitrogen and oxygen atoms in total. The monoisotopic (exact) mass is 516 g/mol. The van der Waals surface area contributed by atoms with Crippen LogP contribution in [0.25, 0.3) is 16.7 Å². The van der Waals surface area contributed by atoms with Crippen LogP contribution in [-0.2, 0) is 11.3 Å². The van der Waals surface area contributed by atoms with Gasteiger partial charge >= 0.3 is 0 Å². The van der Waals surface area contributed by atoms with Crippen LogP contribution < -0.4 is 5.32 Å². The van der Waals surface area contributed by atoms with E-state index < -0.39 is 0 Å². The molecule has 2 heterocycles. The number of likely N-dealkylation sites (tertiary alicyclic amines) is 1. The van der Waals surface area contributed by atoms with Crippen LogP contribution >= 0.6 is 15.9 Å². The number of aryl methyl sites for hydroxylation is 2. The number of fused-ring (bicyclic) bond motifs is 1. The molecule has 1 aliphatic rings. The number of imidazole rings is 1. The van der Waals surface area contributed by atoms with Gasteiger partial charge in [0.2, 0.25) is 5.91 Å². The molecular weight excluding hydrogens is 488 g/mol. The first-order valence-electron chi connectivity index (χ1n) is 11.8. The average Bonchev–Trinajstić information content (AvgIpc) is 3.19. The van der Waals surface area contributed by atoms with Crippen LogP contribution in [0.2, 0.25) is 0 Å². The molecule has 174 valence electrons. The van der Waals surface area contributed by atoms with Gasteiger partial charge in [-0.05, 0) is 80.8 Å². The van der Waals surface area contributed by atoms with Gasteiger partial charge in [0.1, 0.15) is 5.82 Å². The molecule has 4 aromatic rings. The summed E-state index contributed by atoms with van der Waals surface area (Å²) in [5.41, 5.74) is 6.32. The van der Waals surface area contributed by atoms with Crippen LogP contribution in [0.4, 0.5) is 5.69 Å². The van der Waals surface area contributed by atoms with Crippen LogP contribution in [0.5, 0.6) is 0 Å². The molecule has 0 bridgehead atoms. The van der Waals surface area contributed by atoms with Crippen molar-refractivity contribution in [3.63, 3.8) is 0 Å². The van der Waals surface area contributed by atoms with Gasteiger partial charge in [0.15, 0.2) is 0 Å². The van der Waals surface area contributed by atoms with Gasteiger partial charge in [0, 0.05) is 22.4 Å². The van der Waals surface area contributed by atoms with Gasteiger partial charge < -0.3 is 5.32 Å². The highest BCUT2D eigenvalue weighted by molar-refractivity contribution is 9.10. The minimum absolute atomic E-state index is 0.0302. The Hall–Kier alpha value is -2.96. The fraction of sp³-hybridized carbons (Fsp3) is 0.286. The molecule has 0 aliphatic carbocycles. The number of carbonyl (C=O) groups excluding carboxylic acids is 1. The van der Waals surface area contributed by atoms with Crippen molar-refractivity contribution in [2.75, 3.05) is 18.4 Å². The number of hydrogen-bond donors (Lipinski definition) is 1. The average molecular weight is 517 g/mol. The summed E-state index contributed by atoms with van der Waals surface area (Å²) in [5.74, 6) is 1.08. The molecule has 3 aromatic carbocycles. The van der Waals surface area contributed by atoms with Crippen LogP contribution in [0.3, 0.4) is 0 Å². The molecule has 6 heteroatoms. The predicted octanol–water partition coefficient (Wildman–Crippen LogP) is 6.26. The Bertz CT molecular complexity index is 1350. The Morgan fingerprint density at radius 1 is 1.09 bits per heavy atom. The minimum Gasteiger partial charge on any atom is -0.326 e. The van der Waals surface area contributed by atoms with E-state index in [0.717, 1.165) is 69.8 Å². The lowest BCUT2D eigenvalue weighted by molar-refractivity contribution is -0.121. The SMILES string of the molecule is Cc1ccc(C)c(NC(=O)[C@H]2CCCN(Cc3nc4ccccc4n3-c3cccc(Br)c3)C2)c1. The second-order valence-electron chi connectivity index (χ2n) is 9.21. The zero-order valence-corrected chi connectivity index (χ0v) is 21.2. The standard InChI is InChI=1S/C28H29BrN4O/c1-19-12-13-20(2)25(15-19)31-28(34)21-7-6-14-32(17-21)18-27-30-24-10-3-4-11-26(24)33(27)23-9-5-8-22(29)16-23/h3-5,8-13,15-16,21H,6-7,14,17-18H2,1-2H3,(H,31,34)/t21-/m0/s1. The largest absolute Gasteiger partial charge is 0.326 e. The molecule has 1 saturated heterocycles. The number of nitrogens with one attached hydrogen (secondary N) is 1. The maximum absolute atomic E-state index is 13.1. The third-order valence-electron chi connectivity index (χ3n) is 6.59. The molecule has 1 N–H and O–H groups in total. The van der Waals surface area contributed by atoms with E-state index in [9.17, 15) is 4.79 Å². The summed E-state index contributed by atoms with van der Waals surface area (Å²) in [6, 6.07) is 22.7. The van der Waals surface area contributed by atoms with Crippen molar-refractivity contribution in [2.24, 2.45) is 5.92 Å². The van der Waals surface area contributed by atoms with Crippen LogP contribution in [0.15, 0.2) is 71.2 Å². The molecule has 1 fully saturated rings. The Kier molecular flexibility index (Phi) is 6.53. The van der Waals surface area contributed by atoms with Crippen LogP contribution in [-0.4, -0.2) is 33.4 Å². The van der Waals surface area contributed by atoms with E-state index in [2.05, 4.69) is 80.1 Å². The first kappa shape index (κ1) is 22.8. The zero-order valence-electron chi connectivity index (χ0n) is 19.6. The Morgan fingerprint density at radius 3 is 2.79 bits per heavy atom. The quantitative estimate of drug-likeness (QED) is 0.340. The maximum atomic E-state index is 13.1. The molecule has 0 unspecified atom stereocenters. The Morgan fingerprint density at radius 2 is 1.94 bits per heavy atom. The van der Waals surface area contributed by atoms with Gasteiger partial charge in [-0.2, -0.15) is 0 Å². The van der Waals surface area contributed by atoms with E-state index in [1.165, 1.54) is 0 Å². The van der Waals surface area contributed by atoms with E-state index in [0.29, 0.717) is 6.54 Å². The number of anilines is 1. The smallest absolute Gasteiger partial charge is 0.228 e. The third kappa shape index (κ3) is 4.79. The summed E-state index contributed by atoms with van der Waals surface area (Å²) in [6.07, 6.45) is 1.91. The summed E-state index contributed by atoms with van der Waals surface area (Å²) in [6.45, 7) is 6.49. The molecule has 34 heavy (non-hydrogen) atoms. The van der Waals surface area contributed by atoms with Gasteiger partial charge in [0.05, 0.1) is 23.5 Å². The van der Waals surface area contributed by atoms with E-state index in [4.69, 9.17) is 4.98 Å². The fourth-order valence-corrected chi connectivity index (χ4v) is 5.19. The second kappa shape index (κ2) is 9.72. The van der Waals surface area contributed by atoms with E-state index in [-0.39, 0.29) is 11.8 Å². The summed E-state index contributed by atoms with van der Waals surface area (Å²) in [5, 5.41) is 3.18. The summed E-state index contributed by atoms with van der Waals surface area (Å²) in [4.78, 5) is 20.5. The summed E-state index contributed by atoms with van der Waals surface area (Å²) < 4.78 is 3.27. The van der Waals surface area contributed by atoms with Gasteiger partial charge in [0.25, 0.3) is 0 Å². The fourth-order valence-electron chi connectivity index (χ4n) is 4.80. The first-order chi connectivity index (χ1) is 16.5. The van der Waals surface area contributed by atoms with E-state index in [1.807, 2.05) is 31.2 Å². The van der Waals surface area contributed by atoms with Crippen molar-refractivity contribution in [1.82, 2.24) is 14.5 Å². The summed E-state index contributed by atoms with van der Waals surface area (Å²) >= 11 is 3.61. The third-order valence-corrected chi connectivity index (χ3v) is 7.08. The Labute approximate surface area is 208 Å². The number of para-hydroxylation sites is 2. The minimum atomic E-state index is -0.0302. The molecule has 1 amide bonds. The van der Waals surface area contributed by atoms with Crippen molar-refractivity contribution >= 4 is 38.6 Å². The maximum Gasteiger partial charge on any atom is 0.228 e. The molecular formula is C28H29BrN4O. The number of rotatable bonds is 5. The summed E-state index contributed by atoms with van der Waals surface area (Å²) in [7, 11) is 0. The van der Waals surface area contributed by atoms with E-state index >= 15 is 0 Å². The predicted molar refractivity (Wildman–Crippen MR) is 141 cm³/mol. The van der Waals surface area contributed by atoms with Gasteiger partial charge in [-0.1, -0.05) is 46.3 Å². The van der Waals surface area contributed by atoms with Gasteiger partial charge in [-0.3, -0.25) is 14.3 Å². The van der Waals surface area contributed by atoms with Crippen molar-refractivity contribution < 1.29 is 4.79 Å². The van der Waals surface area contributed by atoms with Crippen LogP contribution in [0, 0.1) is 19.8 Å². The number of carbonyl (C=O) groups is 1. The number of aromatic nitrogens is 2. The Balaban J connectivity index is 1.37. The highest BCUT2D eigenvalue weighted by atomic mass is 79.9. The molecule has 1 aromatic heterocycles. The van der Waals surface area contributed by atoms with Crippen LogP contribution in [0.1, 0.15) is 29.8 Å². The molecule has 0 spiro atoms. The van der Waals surface area contributed by atoms with Crippen molar-refractivity contribution in [3.8, 4) is 5.69 Å².